The number of rotatable bonds is 8. The van der Waals surface area contributed by atoms with Crippen LogP contribution in [-0.4, -0.2) is 30.4 Å². The van der Waals surface area contributed by atoms with Gasteiger partial charge in [0.15, 0.2) is 0 Å². The second kappa shape index (κ2) is 9.42. The lowest BCUT2D eigenvalue weighted by Gasteiger charge is -2.25. The molecule has 0 unspecified atom stereocenters. The monoisotopic (exact) mass is 346 g/mol. The van der Waals surface area contributed by atoms with Crippen molar-refractivity contribution in [3.63, 3.8) is 0 Å². The Bertz CT molecular complexity index is 585. The zero-order valence-corrected chi connectivity index (χ0v) is 15.0. The summed E-state index contributed by atoms with van der Waals surface area (Å²) in [6.45, 7) is 2.40. The summed E-state index contributed by atoms with van der Waals surface area (Å²) < 4.78 is 0. The van der Waals surface area contributed by atoms with E-state index in [0.29, 0.717) is 23.7 Å². The van der Waals surface area contributed by atoms with Gasteiger partial charge in [0, 0.05) is 18.3 Å². The number of hydrogen-bond donors (Lipinski definition) is 4. The molecule has 138 valence electrons. The molecule has 1 aromatic carbocycles. The zero-order valence-electron chi connectivity index (χ0n) is 15.0. The van der Waals surface area contributed by atoms with Crippen LogP contribution in [0.2, 0.25) is 0 Å². The van der Waals surface area contributed by atoms with E-state index in [2.05, 4.69) is 10.6 Å². The summed E-state index contributed by atoms with van der Waals surface area (Å²) in [5.74, 6) is -0.0114. The predicted molar refractivity (Wildman–Crippen MR) is 100 cm³/mol. The highest BCUT2D eigenvalue weighted by Crippen LogP contribution is 2.27. The van der Waals surface area contributed by atoms with Crippen molar-refractivity contribution in [1.82, 2.24) is 5.32 Å². The van der Waals surface area contributed by atoms with E-state index in [1.165, 1.54) is 32.1 Å². The number of hydrogen-bond acceptors (Lipinski definition) is 4. The summed E-state index contributed by atoms with van der Waals surface area (Å²) in [4.78, 5) is 23.7. The minimum Gasteiger partial charge on any atom is -0.382 e. The Morgan fingerprint density at radius 1 is 1.20 bits per heavy atom. The molecule has 2 atom stereocenters. The number of nitrogens with two attached hydrogens (primary N) is 2. The number of benzene rings is 1. The van der Waals surface area contributed by atoms with E-state index >= 15 is 0 Å². The molecular weight excluding hydrogens is 316 g/mol. The zero-order chi connectivity index (χ0) is 18.2. The number of primary amides is 1. The van der Waals surface area contributed by atoms with E-state index in [1.54, 1.807) is 18.2 Å². The van der Waals surface area contributed by atoms with Gasteiger partial charge in [0.05, 0.1) is 11.6 Å². The van der Waals surface area contributed by atoms with Crippen molar-refractivity contribution in [2.24, 2.45) is 17.4 Å². The molecule has 25 heavy (non-hydrogen) atoms. The second-order valence-electron chi connectivity index (χ2n) is 7.05. The molecule has 1 fully saturated rings. The Kier molecular flexibility index (Phi) is 7.25. The van der Waals surface area contributed by atoms with Crippen molar-refractivity contribution in [3.05, 3.63) is 29.8 Å². The van der Waals surface area contributed by atoms with E-state index in [0.717, 1.165) is 6.42 Å². The first kappa shape index (κ1) is 19.2. The van der Waals surface area contributed by atoms with Crippen LogP contribution >= 0.6 is 0 Å². The van der Waals surface area contributed by atoms with Crippen LogP contribution < -0.4 is 22.1 Å². The molecule has 6 N–H and O–H groups in total. The Morgan fingerprint density at radius 3 is 2.56 bits per heavy atom. The Morgan fingerprint density at radius 2 is 1.88 bits per heavy atom. The summed E-state index contributed by atoms with van der Waals surface area (Å²) in [6.07, 6.45) is 6.92. The van der Waals surface area contributed by atoms with Gasteiger partial charge in [-0.05, 0) is 31.4 Å². The van der Waals surface area contributed by atoms with E-state index in [-0.39, 0.29) is 11.9 Å². The molecule has 0 saturated heterocycles. The standard InChI is InChI=1S/C19H30N4O2/c1-13(12-22-17-10-6-5-9-15(17)18(21)24)23-19(25)16(20)11-14-7-3-2-4-8-14/h5-6,9-10,13-14,16,22H,2-4,7-8,11-12,20H2,1H3,(H2,21,24)(H,23,25)/t13-,16-/m0/s1. The average Bonchev–Trinajstić information content (AvgIpc) is 2.61. The second-order valence-corrected chi connectivity index (χ2v) is 7.05. The Labute approximate surface area is 149 Å². The molecular formula is C19H30N4O2. The smallest absolute Gasteiger partial charge is 0.250 e. The van der Waals surface area contributed by atoms with Crippen LogP contribution in [-0.2, 0) is 4.79 Å². The van der Waals surface area contributed by atoms with Gasteiger partial charge in [-0.25, -0.2) is 0 Å². The number of carbonyl (C=O) groups excluding carboxylic acids is 2. The van der Waals surface area contributed by atoms with Gasteiger partial charge in [0.1, 0.15) is 0 Å². The van der Waals surface area contributed by atoms with Crippen molar-refractivity contribution >= 4 is 17.5 Å². The Hall–Kier alpha value is -2.08. The van der Waals surface area contributed by atoms with Gasteiger partial charge in [-0.1, -0.05) is 44.2 Å². The normalized spacial score (nSPS) is 17.5. The predicted octanol–water partition coefficient (Wildman–Crippen LogP) is 2.00. The first-order valence-electron chi connectivity index (χ1n) is 9.16. The fourth-order valence-corrected chi connectivity index (χ4v) is 3.41. The molecule has 2 amide bonds. The summed E-state index contributed by atoms with van der Waals surface area (Å²) >= 11 is 0. The fourth-order valence-electron chi connectivity index (χ4n) is 3.41. The highest BCUT2D eigenvalue weighted by atomic mass is 16.2. The number of para-hydroxylation sites is 1. The van der Waals surface area contributed by atoms with E-state index in [9.17, 15) is 9.59 Å². The van der Waals surface area contributed by atoms with Gasteiger partial charge in [-0.15, -0.1) is 0 Å². The van der Waals surface area contributed by atoms with Crippen LogP contribution in [0.15, 0.2) is 24.3 Å². The summed E-state index contributed by atoms with van der Waals surface area (Å²) in [7, 11) is 0. The number of amides is 2. The average molecular weight is 346 g/mol. The summed E-state index contributed by atoms with van der Waals surface area (Å²) in [6, 6.07) is 6.50. The molecule has 2 rings (SSSR count). The first-order chi connectivity index (χ1) is 12.0. The van der Waals surface area contributed by atoms with Crippen molar-refractivity contribution in [1.29, 1.82) is 0 Å². The van der Waals surface area contributed by atoms with Crippen LogP contribution in [0.4, 0.5) is 5.69 Å². The third-order valence-corrected chi connectivity index (χ3v) is 4.83. The third-order valence-electron chi connectivity index (χ3n) is 4.83. The minimum atomic E-state index is -0.478. The van der Waals surface area contributed by atoms with E-state index < -0.39 is 11.9 Å². The lowest BCUT2D eigenvalue weighted by atomic mass is 9.85. The number of carbonyl (C=O) groups is 2. The van der Waals surface area contributed by atoms with E-state index in [4.69, 9.17) is 11.5 Å². The molecule has 1 aromatic rings. The van der Waals surface area contributed by atoms with Crippen LogP contribution in [0.25, 0.3) is 0 Å². The quantitative estimate of drug-likeness (QED) is 0.577. The molecule has 6 nitrogen and oxygen atoms in total. The fraction of sp³-hybridized carbons (Fsp3) is 0.579. The molecule has 0 bridgehead atoms. The first-order valence-corrected chi connectivity index (χ1v) is 9.16. The highest BCUT2D eigenvalue weighted by molar-refractivity contribution is 5.98. The van der Waals surface area contributed by atoms with Crippen LogP contribution in [0.5, 0.6) is 0 Å². The van der Waals surface area contributed by atoms with Crippen LogP contribution in [0.3, 0.4) is 0 Å². The molecule has 6 heteroatoms. The summed E-state index contributed by atoms with van der Waals surface area (Å²) in [5, 5.41) is 6.11. The maximum absolute atomic E-state index is 12.3. The number of nitrogens with one attached hydrogen (secondary N) is 2. The maximum atomic E-state index is 12.3. The van der Waals surface area contributed by atoms with E-state index in [1.807, 2.05) is 13.0 Å². The molecule has 0 heterocycles. The van der Waals surface area contributed by atoms with Crippen LogP contribution in [0.1, 0.15) is 55.8 Å². The third kappa shape index (κ3) is 6.05. The molecule has 1 saturated carbocycles. The van der Waals surface area contributed by atoms with Crippen molar-refractivity contribution in [3.8, 4) is 0 Å². The summed E-state index contributed by atoms with van der Waals surface area (Å²) in [5.41, 5.74) is 12.5. The van der Waals surface area contributed by atoms with Crippen LogP contribution in [0, 0.1) is 5.92 Å². The molecule has 0 spiro atoms. The molecule has 0 aliphatic heterocycles. The lowest BCUT2D eigenvalue weighted by molar-refractivity contribution is -0.123. The lowest BCUT2D eigenvalue weighted by Crippen LogP contribution is -2.47. The van der Waals surface area contributed by atoms with Gasteiger partial charge < -0.3 is 22.1 Å². The number of anilines is 1. The van der Waals surface area contributed by atoms with Gasteiger partial charge in [0.25, 0.3) is 5.91 Å². The largest absolute Gasteiger partial charge is 0.382 e. The Balaban J connectivity index is 1.78. The van der Waals surface area contributed by atoms with Gasteiger partial charge in [-0.2, -0.15) is 0 Å². The van der Waals surface area contributed by atoms with Gasteiger partial charge in [0.2, 0.25) is 5.91 Å². The molecule has 0 radical (unpaired) electrons. The van der Waals surface area contributed by atoms with Gasteiger partial charge in [-0.3, -0.25) is 9.59 Å². The molecule has 0 aromatic heterocycles. The molecule has 1 aliphatic rings. The van der Waals surface area contributed by atoms with Gasteiger partial charge >= 0.3 is 0 Å². The highest BCUT2D eigenvalue weighted by Gasteiger charge is 2.22. The topological polar surface area (TPSA) is 110 Å². The van der Waals surface area contributed by atoms with Crippen molar-refractivity contribution < 1.29 is 9.59 Å². The molecule has 1 aliphatic carbocycles. The van der Waals surface area contributed by atoms with Crippen molar-refractivity contribution in [2.75, 3.05) is 11.9 Å². The minimum absolute atomic E-state index is 0.106. The van der Waals surface area contributed by atoms with Crippen molar-refractivity contribution in [2.45, 2.75) is 57.5 Å². The SMILES string of the molecule is C[C@@H](CNc1ccccc1C(N)=O)NC(=O)[C@@H](N)CC1CCCCC1. The maximum Gasteiger partial charge on any atom is 0.250 e.